The Morgan fingerprint density at radius 1 is 1.21 bits per heavy atom. The summed E-state index contributed by atoms with van der Waals surface area (Å²) in [5, 5.41) is 6.96. The van der Waals surface area contributed by atoms with Crippen molar-refractivity contribution in [2.45, 2.75) is 32.8 Å². The van der Waals surface area contributed by atoms with Gasteiger partial charge in [0.25, 0.3) is 0 Å². The summed E-state index contributed by atoms with van der Waals surface area (Å²) in [5.74, 6) is 1.25. The number of benzene rings is 1. The number of amides is 1. The number of anilines is 2. The monoisotopic (exact) mass is 667 g/mol. The lowest BCUT2D eigenvalue weighted by molar-refractivity contribution is -0.118. The molecular weight excluding hydrogens is 636 g/mol. The van der Waals surface area contributed by atoms with Gasteiger partial charge in [0.05, 0.1) is 24.8 Å². The van der Waals surface area contributed by atoms with E-state index in [4.69, 9.17) is 21.1 Å². The number of ether oxygens (including phenoxy) is 2. The third kappa shape index (κ3) is 7.99. The van der Waals surface area contributed by atoms with Crippen molar-refractivity contribution in [3.8, 4) is 5.75 Å². The molecule has 1 aliphatic rings. The molecule has 0 radical (unpaired) electrons. The topological polar surface area (TPSA) is 88.6 Å². The summed E-state index contributed by atoms with van der Waals surface area (Å²) in [6.45, 7) is 7.30. The van der Waals surface area contributed by atoms with Gasteiger partial charge in [-0.2, -0.15) is 0 Å². The second kappa shape index (κ2) is 14.4. The average Bonchev–Trinajstić information content (AvgIpc) is 2.91. The van der Waals surface area contributed by atoms with E-state index in [2.05, 4.69) is 60.3 Å². The normalized spacial score (nSPS) is 14.9. The van der Waals surface area contributed by atoms with E-state index in [1.807, 2.05) is 37.4 Å². The molecule has 0 aliphatic carbocycles. The van der Waals surface area contributed by atoms with Gasteiger partial charge in [0.15, 0.2) is 0 Å². The van der Waals surface area contributed by atoms with Crippen LogP contribution in [0.15, 0.2) is 48.9 Å². The Balaban J connectivity index is 1.44. The third-order valence-corrected chi connectivity index (χ3v) is 7.81. The van der Waals surface area contributed by atoms with Gasteiger partial charge in [-0.25, -0.2) is 4.98 Å². The predicted octanol–water partition coefficient (Wildman–Crippen LogP) is 6.05. The van der Waals surface area contributed by atoms with Crippen LogP contribution in [0.3, 0.4) is 0 Å². The molecule has 2 aromatic heterocycles. The summed E-state index contributed by atoms with van der Waals surface area (Å²) in [5.41, 5.74) is 5.24. The zero-order valence-corrected chi connectivity index (χ0v) is 25.4. The summed E-state index contributed by atoms with van der Waals surface area (Å²) in [4.78, 5) is 23.2. The van der Waals surface area contributed by atoms with Gasteiger partial charge in [-0.05, 0) is 76.3 Å². The summed E-state index contributed by atoms with van der Waals surface area (Å²) in [7, 11) is 0. The molecule has 1 aromatic carbocycles. The number of aromatic nitrogens is 2. The van der Waals surface area contributed by atoms with Crippen molar-refractivity contribution in [1.82, 2.24) is 14.9 Å². The number of rotatable bonds is 11. The SMILES string of the molecule is CCc1cncc(Cl)c1C(C)Oc1ccc(NPI)c(Cc2ccc(NC(=O)CN3CCOCC3)nc2)c1. The molecule has 0 spiro atoms. The maximum atomic E-state index is 12.4. The van der Waals surface area contributed by atoms with Crippen molar-refractivity contribution >= 4 is 57.4 Å². The highest BCUT2D eigenvalue weighted by Crippen LogP contribution is 2.34. The third-order valence-electron chi connectivity index (χ3n) is 6.34. The van der Waals surface area contributed by atoms with Crippen LogP contribution in [0.2, 0.25) is 5.02 Å². The molecule has 1 fully saturated rings. The van der Waals surface area contributed by atoms with Crippen LogP contribution in [0.25, 0.3) is 0 Å². The quantitative estimate of drug-likeness (QED) is 0.190. The number of nitrogens with one attached hydrogen (secondary N) is 2. The number of hydrogen-bond acceptors (Lipinski definition) is 7. The smallest absolute Gasteiger partial charge is 0.239 e. The molecule has 8 nitrogen and oxygen atoms in total. The van der Waals surface area contributed by atoms with E-state index in [1.54, 1.807) is 12.4 Å². The number of carbonyl (C=O) groups excluding carboxylic acids is 1. The van der Waals surface area contributed by atoms with Gasteiger partial charge < -0.3 is 19.9 Å². The number of aryl methyl sites for hydroxylation is 1. The molecule has 4 rings (SSSR count). The molecule has 3 aromatic rings. The summed E-state index contributed by atoms with van der Waals surface area (Å²) in [6, 6.07) is 9.93. The molecule has 0 bridgehead atoms. The van der Waals surface area contributed by atoms with Crippen molar-refractivity contribution in [3.63, 3.8) is 0 Å². The van der Waals surface area contributed by atoms with E-state index in [9.17, 15) is 4.79 Å². The molecule has 11 heteroatoms. The van der Waals surface area contributed by atoms with Crippen LogP contribution >= 0.6 is 40.0 Å². The highest BCUT2D eigenvalue weighted by Gasteiger charge is 2.17. The minimum absolute atomic E-state index is 0.0684. The van der Waals surface area contributed by atoms with E-state index in [1.165, 1.54) is 0 Å². The van der Waals surface area contributed by atoms with Crippen molar-refractivity contribution in [1.29, 1.82) is 0 Å². The minimum atomic E-state index is -0.222. The number of pyridine rings is 2. The second-order valence-electron chi connectivity index (χ2n) is 9.01. The zero-order chi connectivity index (χ0) is 26.9. The largest absolute Gasteiger partial charge is 0.486 e. The Hall–Kier alpha value is -2.04. The molecule has 1 aliphatic heterocycles. The Bertz CT molecular complexity index is 1230. The lowest BCUT2D eigenvalue weighted by atomic mass is 10.0. The fourth-order valence-corrected chi connectivity index (χ4v) is 5.96. The van der Waals surface area contributed by atoms with Crippen LogP contribution < -0.4 is 15.1 Å². The molecule has 3 heterocycles. The molecule has 2 N–H and O–H groups in total. The minimum Gasteiger partial charge on any atom is -0.486 e. The first-order valence-corrected chi connectivity index (χ1v) is 17.0. The van der Waals surface area contributed by atoms with Gasteiger partial charge in [0, 0.05) is 55.7 Å². The maximum absolute atomic E-state index is 12.4. The Kier molecular flexibility index (Phi) is 11.0. The van der Waals surface area contributed by atoms with E-state index in [0.29, 0.717) is 43.4 Å². The van der Waals surface area contributed by atoms with E-state index >= 15 is 0 Å². The molecule has 1 saturated heterocycles. The lowest BCUT2D eigenvalue weighted by Crippen LogP contribution is -2.41. The lowest BCUT2D eigenvalue weighted by Gasteiger charge is -2.25. The summed E-state index contributed by atoms with van der Waals surface area (Å²) >= 11 is 8.80. The fraction of sp³-hybridized carbons (Fsp3) is 0.370. The second-order valence-corrected chi connectivity index (χ2v) is 11.5. The summed E-state index contributed by atoms with van der Waals surface area (Å²) in [6.07, 6.45) is 7.13. The van der Waals surface area contributed by atoms with Gasteiger partial charge in [0.1, 0.15) is 17.7 Å². The number of halogens is 2. The molecule has 2 unspecified atom stereocenters. The molecule has 0 saturated carbocycles. The zero-order valence-electron chi connectivity index (χ0n) is 21.5. The number of morpholine rings is 1. The molecule has 202 valence electrons. The molecule has 2 atom stereocenters. The van der Waals surface area contributed by atoms with Crippen molar-refractivity contribution < 1.29 is 14.3 Å². The van der Waals surface area contributed by atoms with Crippen LogP contribution in [0.5, 0.6) is 5.75 Å². The first-order valence-electron chi connectivity index (χ1n) is 12.5. The van der Waals surface area contributed by atoms with Crippen LogP contribution in [0.1, 0.15) is 42.2 Å². The standard InChI is InChI=1S/C27H32ClIN5O3P/c1-3-20-15-30-16-23(28)27(20)18(2)37-22-5-6-24(33-38-29)21(13-22)12-19-4-7-25(31-14-19)32-26(35)17-34-8-10-36-11-9-34/h4-7,13-16,18,33,38H,3,8-12,17H2,1-2H3,(H,31,32,35). The molecule has 38 heavy (non-hydrogen) atoms. The number of nitrogens with zero attached hydrogens (tertiary/aromatic N) is 3. The van der Waals surface area contributed by atoms with Gasteiger partial charge in [-0.3, -0.25) is 14.7 Å². The van der Waals surface area contributed by atoms with Gasteiger partial charge in [0.2, 0.25) is 5.91 Å². The highest BCUT2D eigenvalue weighted by molar-refractivity contribution is 14.2. The van der Waals surface area contributed by atoms with Crippen molar-refractivity contribution in [3.05, 3.63) is 76.2 Å². The molecular formula is C27H32ClIN5O3P. The first kappa shape index (κ1) is 29.0. The Morgan fingerprint density at radius 2 is 2.03 bits per heavy atom. The van der Waals surface area contributed by atoms with E-state index in [-0.39, 0.29) is 12.0 Å². The van der Waals surface area contributed by atoms with E-state index in [0.717, 1.165) is 53.2 Å². The van der Waals surface area contributed by atoms with Crippen LogP contribution in [0.4, 0.5) is 11.5 Å². The molecule has 1 amide bonds. The van der Waals surface area contributed by atoms with Crippen LogP contribution in [-0.4, -0.2) is 53.6 Å². The van der Waals surface area contributed by atoms with Crippen LogP contribution in [-0.2, 0) is 22.4 Å². The van der Waals surface area contributed by atoms with Crippen LogP contribution in [0, 0.1) is 0 Å². The van der Waals surface area contributed by atoms with Crippen molar-refractivity contribution in [2.24, 2.45) is 0 Å². The number of carbonyl (C=O) groups is 1. The Morgan fingerprint density at radius 3 is 2.74 bits per heavy atom. The highest BCUT2D eigenvalue weighted by atomic mass is 127. The fourth-order valence-electron chi connectivity index (χ4n) is 4.42. The van der Waals surface area contributed by atoms with E-state index < -0.39 is 0 Å². The number of hydrogen-bond donors (Lipinski definition) is 2. The van der Waals surface area contributed by atoms with Gasteiger partial charge >= 0.3 is 0 Å². The predicted molar refractivity (Wildman–Crippen MR) is 163 cm³/mol. The average molecular weight is 668 g/mol. The maximum Gasteiger partial charge on any atom is 0.239 e. The van der Waals surface area contributed by atoms with Crippen molar-refractivity contribution in [2.75, 3.05) is 43.3 Å². The Labute approximate surface area is 243 Å². The van der Waals surface area contributed by atoms with Gasteiger partial charge in [-0.15, -0.1) is 0 Å². The first-order chi connectivity index (χ1) is 18.5. The summed E-state index contributed by atoms with van der Waals surface area (Å²) < 4.78 is 11.7. The van der Waals surface area contributed by atoms with Gasteiger partial charge in [-0.1, -0.05) is 24.6 Å².